The summed E-state index contributed by atoms with van der Waals surface area (Å²) in [5.74, 6) is 0.299. The van der Waals surface area contributed by atoms with E-state index in [-0.39, 0.29) is 21.6 Å². The number of thiocarbonyl (C=S) groups is 1. The molecule has 186 valence electrons. The Hall–Kier alpha value is -3.33. The molecule has 0 radical (unpaired) electrons. The van der Waals surface area contributed by atoms with E-state index in [0.717, 1.165) is 30.2 Å². The molecule has 10 heteroatoms. The Labute approximate surface area is 224 Å². The van der Waals surface area contributed by atoms with Crippen molar-refractivity contribution in [2.75, 3.05) is 43.5 Å². The summed E-state index contributed by atoms with van der Waals surface area (Å²) in [5, 5.41) is 6.45. The average molecular weight is 543 g/mol. The lowest BCUT2D eigenvalue weighted by atomic mass is 10.1. The van der Waals surface area contributed by atoms with Crippen molar-refractivity contribution in [3.05, 3.63) is 87.9 Å². The molecule has 0 unspecified atom stereocenters. The zero-order chi connectivity index (χ0) is 25.7. The molecule has 3 aromatic rings. The van der Waals surface area contributed by atoms with Gasteiger partial charge in [0.05, 0.1) is 17.7 Å². The number of nitrogens with zero attached hydrogens (tertiary/aromatic N) is 2. The van der Waals surface area contributed by atoms with E-state index >= 15 is 0 Å². The van der Waals surface area contributed by atoms with E-state index in [2.05, 4.69) is 15.5 Å². The van der Waals surface area contributed by atoms with E-state index < -0.39 is 5.91 Å². The molecule has 3 aromatic carbocycles. The van der Waals surface area contributed by atoms with Gasteiger partial charge in [-0.3, -0.25) is 14.9 Å². The van der Waals surface area contributed by atoms with Gasteiger partial charge in [-0.1, -0.05) is 23.2 Å². The number of nitrogens with one attached hydrogen (secondary N) is 2. The third-order valence-corrected chi connectivity index (χ3v) is 6.56. The van der Waals surface area contributed by atoms with Crippen LogP contribution in [-0.4, -0.2) is 55.1 Å². The summed E-state index contributed by atoms with van der Waals surface area (Å²) in [4.78, 5) is 29.3. The fourth-order valence-electron chi connectivity index (χ4n) is 3.84. The van der Waals surface area contributed by atoms with Crippen LogP contribution in [0.15, 0.2) is 66.7 Å². The third-order valence-electron chi connectivity index (χ3n) is 5.79. The van der Waals surface area contributed by atoms with E-state index in [1.165, 1.54) is 6.07 Å². The lowest BCUT2D eigenvalue weighted by molar-refractivity contribution is 0.0746. The van der Waals surface area contributed by atoms with Crippen LogP contribution in [0, 0.1) is 0 Å². The molecule has 0 bridgehead atoms. The summed E-state index contributed by atoms with van der Waals surface area (Å²) >= 11 is 17.3. The topological polar surface area (TPSA) is 73.9 Å². The van der Waals surface area contributed by atoms with Gasteiger partial charge in [0, 0.05) is 48.1 Å². The van der Waals surface area contributed by atoms with Crippen molar-refractivity contribution in [2.24, 2.45) is 0 Å². The number of anilines is 2. The molecule has 1 fully saturated rings. The molecular weight excluding hydrogens is 519 g/mol. The van der Waals surface area contributed by atoms with Crippen LogP contribution in [0.5, 0.6) is 5.75 Å². The van der Waals surface area contributed by atoms with E-state index in [4.69, 9.17) is 40.2 Å². The second-order valence-corrected chi connectivity index (χ2v) is 9.34. The Morgan fingerprint density at radius 1 is 0.917 bits per heavy atom. The first kappa shape index (κ1) is 25.8. The quantitative estimate of drug-likeness (QED) is 0.437. The maximum atomic E-state index is 12.8. The predicted octanol–water partition coefficient (Wildman–Crippen LogP) is 5.09. The Kier molecular flexibility index (Phi) is 8.30. The SMILES string of the molecule is COc1ccc(C(=O)N2CCN(c3ccc(NC(=S)NC(=O)c4cc(Cl)ccc4Cl)cc3)CC2)cc1. The highest BCUT2D eigenvalue weighted by molar-refractivity contribution is 7.80. The van der Waals surface area contributed by atoms with Gasteiger partial charge in [-0.25, -0.2) is 0 Å². The number of hydrogen-bond donors (Lipinski definition) is 2. The number of benzene rings is 3. The van der Waals surface area contributed by atoms with Gasteiger partial charge in [-0.15, -0.1) is 0 Å². The van der Waals surface area contributed by atoms with E-state index in [9.17, 15) is 9.59 Å². The van der Waals surface area contributed by atoms with Crippen molar-refractivity contribution in [2.45, 2.75) is 0 Å². The molecule has 1 heterocycles. The Bertz CT molecular complexity index is 1260. The van der Waals surface area contributed by atoms with Crippen molar-refractivity contribution >= 4 is 63.7 Å². The van der Waals surface area contributed by atoms with Crippen LogP contribution in [-0.2, 0) is 0 Å². The maximum absolute atomic E-state index is 12.8. The van der Waals surface area contributed by atoms with Gasteiger partial charge in [0.1, 0.15) is 5.75 Å². The van der Waals surface area contributed by atoms with Crippen LogP contribution in [0.2, 0.25) is 10.0 Å². The molecular formula is C26H24Cl2N4O3S. The Morgan fingerprint density at radius 2 is 1.58 bits per heavy atom. The van der Waals surface area contributed by atoms with Crippen LogP contribution in [0.4, 0.5) is 11.4 Å². The molecule has 0 aromatic heterocycles. The molecule has 0 aliphatic carbocycles. The average Bonchev–Trinajstić information content (AvgIpc) is 2.90. The fraction of sp³-hybridized carbons (Fsp3) is 0.192. The molecule has 4 rings (SSSR count). The Morgan fingerprint density at radius 3 is 2.22 bits per heavy atom. The minimum atomic E-state index is -0.446. The Balaban J connectivity index is 1.28. The minimum absolute atomic E-state index is 0.0199. The standard InChI is InChI=1S/C26H24Cl2N4O3S/c1-35-21-9-2-17(3-10-21)25(34)32-14-12-31(13-15-32)20-7-5-19(6-8-20)29-26(36)30-24(33)22-16-18(27)4-11-23(22)28/h2-11,16H,12-15H2,1H3,(H2,29,30,33,36). The fourth-order valence-corrected chi connectivity index (χ4v) is 4.43. The molecule has 7 nitrogen and oxygen atoms in total. The minimum Gasteiger partial charge on any atom is -0.497 e. The van der Waals surface area contributed by atoms with Crippen LogP contribution < -0.4 is 20.3 Å². The highest BCUT2D eigenvalue weighted by atomic mass is 35.5. The summed E-state index contributed by atoms with van der Waals surface area (Å²) in [6, 6.07) is 19.5. The van der Waals surface area contributed by atoms with Crippen LogP contribution >= 0.6 is 35.4 Å². The largest absolute Gasteiger partial charge is 0.497 e. The monoisotopic (exact) mass is 542 g/mol. The van der Waals surface area contributed by atoms with Crippen LogP contribution in [0.3, 0.4) is 0 Å². The van der Waals surface area contributed by atoms with Crippen LogP contribution in [0.1, 0.15) is 20.7 Å². The maximum Gasteiger partial charge on any atom is 0.258 e. The lowest BCUT2D eigenvalue weighted by Gasteiger charge is -2.36. The highest BCUT2D eigenvalue weighted by Gasteiger charge is 2.22. The summed E-state index contributed by atoms with van der Waals surface area (Å²) < 4.78 is 5.16. The summed E-state index contributed by atoms with van der Waals surface area (Å²) in [6.45, 7) is 2.72. The number of piperazine rings is 1. The molecule has 0 spiro atoms. The van der Waals surface area contributed by atoms with Crippen molar-refractivity contribution in [3.8, 4) is 5.75 Å². The normalized spacial score (nSPS) is 13.2. The van der Waals surface area contributed by atoms with Gasteiger partial charge in [-0.2, -0.15) is 0 Å². The zero-order valence-corrected chi connectivity index (χ0v) is 21.8. The second kappa shape index (κ2) is 11.6. The van der Waals surface area contributed by atoms with Gasteiger partial charge >= 0.3 is 0 Å². The highest BCUT2D eigenvalue weighted by Crippen LogP contribution is 2.22. The number of methoxy groups -OCH3 is 1. The molecule has 36 heavy (non-hydrogen) atoms. The van der Waals surface area contributed by atoms with Gasteiger partial charge < -0.3 is 19.9 Å². The van der Waals surface area contributed by atoms with Gasteiger partial charge in [0.25, 0.3) is 11.8 Å². The molecule has 2 amide bonds. The molecule has 2 N–H and O–H groups in total. The lowest BCUT2D eigenvalue weighted by Crippen LogP contribution is -2.48. The molecule has 0 atom stereocenters. The number of hydrogen-bond acceptors (Lipinski definition) is 5. The van der Waals surface area contributed by atoms with Gasteiger partial charge in [0.15, 0.2) is 5.11 Å². The van der Waals surface area contributed by atoms with E-state index in [1.807, 2.05) is 29.2 Å². The number of ether oxygens (including phenoxy) is 1. The number of halogens is 2. The van der Waals surface area contributed by atoms with Crippen LogP contribution in [0.25, 0.3) is 0 Å². The van der Waals surface area contributed by atoms with Crippen molar-refractivity contribution in [1.29, 1.82) is 0 Å². The smallest absolute Gasteiger partial charge is 0.258 e. The molecule has 0 saturated carbocycles. The number of amides is 2. The first-order valence-corrected chi connectivity index (χ1v) is 12.4. The van der Waals surface area contributed by atoms with E-state index in [1.54, 1.807) is 43.5 Å². The zero-order valence-electron chi connectivity index (χ0n) is 19.5. The van der Waals surface area contributed by atoms with Crippen molar-refractivity contribution in [1.82, 2.24) is 10.2 Å². The first-order chi connectivity index (χ1) is 17.3. The summed E-state index contributed by atoms with van der Waals surface area (Å²) in [7, 11) is 1.60. The molecule has 1 aliphatic heterocycles. The van der Waals surface area contributed by atoms with Crippen molar-refractivity contribution in [3.63, 3.8) is 0 Å². The predicted molar refractivity (Wildman–Crippen MR) is 148 cm³/mol. The van der Waals surface area contributed by atoms with Gasteiger partial charge in [-0.05, 0) is 78.9 Å². The first-order valence-electron chi connectivity index (χ1n) is 11.2. The molecule has 1 saturated heterocycles. The van der Waals surface area contributed by atoms with Crippen molar-refractivity contribution < 1.29 is 14.3 Å². The van der Waals surface area contributed by atoms with E-state index in [0.29, 0.717) is 23.7 Å². The summed E-state index contributed by atoms with van der Waals surface area (Å²) in [5.41, 5.74) is 2.67. The number of carbonyl (C=O) groups is 2. The van der Waals surface area contributed by atoms with Gasteiger partial charge in [0.2, 0.25) is 0 Å². The number of rotatable bonds is 5. The third kappa shape index (κ3) is 6.26. The molecule has 1 aliphatic rings. The number of carbonyl (C=O) groups excluding carboxylic acids is 2. The summed E-state index contributed by atoms with van der Waals surface area (Å²) in [6.07, 6.45) is 0. The second-order valence-electron chi connectivity index (χ2n) is 8.09.